The number of carbonyl (C=O) groups excluding carboxylic acids is 2. The Balaban J connectivity index is 1.77. The molecule has 0 aromatic heterocycles. The topological polar surface area (TPSA) is 133 Å². The van der Waals surface area contributed by atoms with Crippen molar-refractivity contribution in [3.05, 3.63) is 54.1 Å². The Morgan fingerprint density at radius 2 is 1.73 bits per heavy atom. The molecule has 0 heterocycles. The predicted molar refractivity (Wildman–Crippen MR) is 146 cm³/mol. The number of hydrogen-bond acceptors (Lipinski definition) is 7. The number of anilines is 1. The molecule has 37 heavy (non-hydrogen) atoms. The van der Waals surface area contributed by atoms with Crippen LogP contribution in [0.15, 0.2) is 58.3 Å². The Morgan fingerprint density at radius 1 is 1.11 bits per heavy atom. The fourth-order valence-corrected chi connectivity index (χ4v) is 7.47. The van der Waals surface area contributed by atoms with Crippen LogP contribution in [0.4, 0.5) is 5.69 Å². The summed E-state index contributed by atoms with van der Waals surface area (Å²) in [7, 11) is 0.231. The van der Waals surface area contributed by atoms with Gasteiger partial charge in [0.1, 0.15) is 11.3 Å². The van der Waals surface area contributed by atoms with Gasteiger partial charge in [-0.25, -0.2) is 8.42 Å². The molecule has 2 amide bonds. The molecule has 2 aromatic carbocycles. The first-order valence-electron chi connectivity index (χ1n) is 12.2. The van der Waals surface area contributed by atoms with Gasteiger partial charge >= 0.3 is 0 Å². The van der Waals surface area contributed by atoms with Crippen LogP contribution < -0.4 is 16.0 Å². The van der Waals surface area contributed by atoms with Crippen molar-refractivity contribution >= 4 is 39.1 Å². The van der Waals surface area contributed by atoms with E-state index in [4.69, 9.17) is 11.0 Å². The maximum absolute atomic E-state index is 13.2. The molecule has 1 fully saturated rings. The molecule has 8 nitrogen and oxygen atoms in total. The summed E-state index contributed by atoms with van der Waals surface area (Å²) in [5.41, 5.74) is 7.56. The third-order valence-corrected chi connectivity index (χ3v) is 10.1. The Hall–Kier alpha value is -3.03. The Morgan fingerprint density at radius 3 is 2.30 bits per heavy atom. The predicted octanol–water partition coefficient (Wildman–Crippen LogP) is 3.47. The van der Waals surface area contributed by atoms with Crippen LogP contribution in [0.25, 0.3) is 0 Å². The second-order valence-electron chi connectivity index (χ2n) is 9.72. The lowest BCUT2D eigenvalue weighted by atomic mass is 9.80. The molecule has 1 aliphatic carbocycles. The zero-order valence-corrected chi connectivity index (χ0v) is 23.1. The lowest BCUT2D eigenvalue weighted by molar-refractivity contribution is -0.127. The molecule has 3 rings (SSSR count). The number of benzene rings is 2. The van der Waals surface area contributed by atoms with Gasteiger partial charge in [-0.15, -0.1) is 11.8 Å². The van der Waals surface area contributed by atoms with Gasteiger partial charge in [0.15, 0.2) is 9.84 Å². The van der Waals surface area contributed by atoms with Crippen LogP contribution in [-0.2, 0) is 24.2 Å². The van der Waals surface area contributed by atoms with Crippen LogP contribution in [-0.4, -0.2) is 46.6 Å². The largest absolute Gasteiger partial charge is 0.378 e. The van der Waals surface area contributed by atoms with E-state index in [1.807, 2.05) is 49.3 Å². The molecular weight excluding hydrogens is 508 g/mol. The lowest BCUT2D eigenvalue weighted by Crippen LogP contribution is -2.39. The number of hydrogen-bond donors (Lipinski definition) is 2. The molecule has 1 saturated carbocycles. The molecule has 3 N–H and O–H groups in total. The summed E-state index contributed by atoms with van der Waals surface area (Å²) < 4.78 is 25.4. The molecule has 198 valence electrons. The van der Waals surface area contributed by atoms with Crippen molar-refractivity contribution in [2.75, 3.05) is 31.3 Å². The minimum atomic E-state index is -3.64. The highest BCUT2D eigenvalue weighted by Crippen LogP contribution is 2.42. The minimum absolute atomic E-state index is 0.0854. The van der Waals surface area contributed by atoms with E-state index in [2.05, 4.69) is 5.32 Å². The summed E-state index contributed by atoms with van der Waals surface area (Å²) in [5.74, 6) is -1.58. The summed E-state index contributed by atoms with van der Waals surface area (Å²) in [5, 5.41) is 11.3. The number of primary amides is 1. The Labute approximate surface area is 223 Å². The normalized spacial score (nSPS) is 19.3. The molecule has 0 aliphatic heterocycles. The molecule has 0 saturated heterocycles. The zero-order chi connectivity index (χ0) is 27.2. The quantitative estimate of drug-likeness (QED) is 0.347. The van der Waals surface area contributed by atoms with E-state index in [-0.39, 0.29) is 29.0 Å². The minimum Gasteiger partial charge on any atom is -0.378 e. The van der Waals surface area contributed by atoms with Gasteiger partial charge in [0.2, 0.25) is 11.8 Å². The van der Waals surface area contributed by atoms with Crippen molar-refractivity contribution in [1.29, 1.82) is 5.26 Å². The number of carbonyl (C=O) groups is 2. The molecule has 1 unspecified atom stereocenters. The summed E-state index contributed by atoms with van der Waals surface area (Å²) in [6.45, 7) is 1.67. The number of rotatable bonds is 10. The van der Waals surface area contributed by atoms with Crippen LogP contribution in [0, 0.1) is 23.2 Å². The van der Waals surface area contributed by atoms with Gasteiger partial charge in [-0.05, 0) is 67.6 Å². The monoisotopic (exact) mass is 542 g/mol. The maximum atomic E-state index is 13.2. The fraction of sp³-hybridized carbons (Fsp3) is 0.444. The van der Waals surface area contributed by atoms with Gasteiger partial charge < -0.3 is 16.0 Å². The summed E-state index contributed by atoms with van der Waals surface area (Å²) in [4.78, 5) is 27.8. The fourth-order valence-electron chi connectivity index (χ4n) is 4.67. The van der Waals surface area contributed by atoms with Crippen molar-refractivity contribution < 1.29 is 18.0 Å². The highest BCUT2D eigenvalue weighted by Gasteiger charge is 2.36. The van der Waals surface area contributed by atoms with Crippen molar-refractivity contribution in [1.82, 2.24) is 5.32 Å². The molecular formula is C27H34N4O4S2. The van der Waals surface area contributed by atoms with Crippen LogP contribution in [0.1, 0.15) is 38.2 Å². The summed E-state index contributed by atoms with van der Waals surface area (Å²) >= 11 is 1.27. The molecule has 0 radical (unpaired) electrons. The highest BCUT2D eigenvalue weighted by atomic mass is 32.2. The lowest BCUT2D eigenvalue weighted by Gasteiger charge is -2.30. The first kappa shape index (κ1) is 28.5. The van der Waals surface area contributed by atoms with E-state index in [9.17, 15) is 18.0 Å². The van der Waals surface area contributed by atoms with Crippen molar-refractivity contribution in [3.8, 4) is 6.07 Å². The van der Waals surface area contributed by atoms with Crippen LogP contribution >= 0.6 is 11.8 Å². The molecule has 0 spiro atoms. The zero-order valence-electron chi connectivity index (χ0n) is 21.4. The van der Waals surface area contributed by atoms with E-state index in [1.54, 1.807) is 31.2 Å². The van der Waals surface area contributed by atoms with Crippen molar-refractivity contribution in [2.45, 2.75) is 47.1 Å². The molecule has 2 aromatic rings. The molecule has 0 bridgehead atoms. The van der Waals surface area contributed by atoms with E-state index in [0.29, 0.717) is 17.7 Å². The number of nitrogens with zero attached hydrogens (tertiary/aromatic N) is 2. The van der Waals surface area contributed by atoms with Gasteiger partial charge in [-0.3, -0.25) is 9.59 Å². The van der Waals surface area contributed by atoms with E-state index < -0.39 is 26.4 Å². The van der Waals surface area contributed by atoms with Gasteiger partial charge in [-0.1, -0.05) is 25.0 Å². The number of nitrogens with one attached hydrogen (secondary N) is 1. The van der Waals surface area contributed by atoms with Crippen molar-refractivity contribution in [2.24, 2.45) is 17.6 Å². The van der Waals surface area contributed by atoms with Gasteiger partial charge in [0, 0.05) is 30.6 Å². The van der Waals surface area contributed by atoms with Crippen LogP contribution in [0.5, 0.6) is 0 Å². The summed E-state index contributed by atoms with van der Waals surface area (Å²) in [6, 6.07) is 15.9. The first-order chi connectivity index (χ1) is 17.5. The molecule has 1 aliphatic rings. The SMILES string of the molecule is CN(C)c1ccc(C(C)(Sc2ccc(S(=O)(=O)C[C@H]3CCCC[C@@H]3C(=O)NCC#N)cc2)C(N)=O)cc1. The number of nitriles is 1. The van der Waals surface area contributed by atoms with Gasteiger partial charge in [0.05, 0.1) is 16.7 Å². The number of nitrogens with two attached hydrogens (primary N) is 1. The van der Waals surface area contributed by atoms with E-state index in [1.165, 1.54) is 11.8 Å². The second kappa shape index (κ2) is 12.0. The van der Waals surface area contributed by atoms with E-state index in [0.717, 1.165) is 24.1 Å². The average molecular weight is 543 g/mol. The summed E-state index contributed by atoms with van der Waals surface area (Å²) in [6.07, 6.45) is 3.01. The average Bonchev–Trinajstić information content (AvgIpc) is 2.87. The van der Waals surface area contributed by atoms with Gasteiger partial charge in [-0.2, -0.15) is 5.26 Å². The standard InChI is InChI=1S/C27H34N4O4S2/c1-27(26(29)33,20-8-10-21(11-9-20)31(2)3)36-22-12-14-23(15-13-22)37(34,35)18-19-6-4-5-7-24(19)25(32)30-17-16-28/h8-15,19,24H,4-7,17-18H2,1-3H3,(H2,29,33)(H,30,32)/t19-,24+,27?/m1/s1. The van der Waals surface area contributed by atoms with E-state index >= 15 is 0 Å². The number of amides is 2. The Bertz CT molecular complexity index is 1250. The second-order valence-corrected chi connectivity index (χ2v) is 13.2. The Kier molecular flexibility index (Phi) is 9.26. The third kappa shape index (κ3) is 6.84. The highest BCUT2D eigenvalue weighted by molar-refractivity contribution is 8.01. The molecule has 3 atom stereocenters. The smallest absolute Gasteiger partial charge is 0.238 e. The molecule has 10 heteroatoms. The maximum Gasteiger partial charge on any atom is 0.238 e. The van der Waals surface area contributed by atoms with Crippen LogP contribution in [0.3, 0.4) is 0 Å². The number of sulfone groups is 1. The van der Waals surface area contributed by atoms with Crippen molar-refractivity contribution in [3.63, 3.8) is 0 Å². The van der Waals surface area contributed by atoms with Crippen LogP contribution in [0.2, 0.25) is 0 Å². The van der Waals surface area contributed by atoms with Gasteiger partial charge in [0.25, 0.3) is 0 Å². The first-order valence-corrected chi connectivity index (χ1v) is 14.7. The number of thioether (sulfide) groups is 1. The third-order valence-electron chi connectivity index (χ3n) is 6.93.